The molecule has 0 atom stereocenters. The van der Waals surface area contributed by atoms with E-state index in [1.165, 1.54) is 38.5 Å². The lowest BCUT2D eigenvalue weighted by atomic mass is 10.2. The Morgan fingerprint density at radius 2 is 0.619 bits per heavy atom. The third-order valence-corrected chi connectivity index (χ3v) is 3.53. The predicted molar refractivity (Wildman–Crippen MR) is 93.7 cm³/mol. The molecule has 0 saturated heterocycles. The summed E-state index contributed by atoms with van der Waals surface area (Å²) >= 11 is 0. The van der Waals surface area contributed by atoms with E-state index in [0.29, 0.717) is 0 Å². The van der Waals surface area contributed by atoms with Gasteiger partial charge in [-0.25, -0.2) is 0 Å². The lowest BCUT2D eigenvalue weighted by molar-refractivity contribution is 0.544. The van der Waals surface area contributed by atoms with Gasteiger partial charge in [0.2, 0.25) is 0 Å². The average Bonchev–Trinajstić information content (AvgIpc) is 2.50. The number of nitrogens with one attached hydrogen (secondary N) is 3. The van der Waals surface area contributed by atoms with Crippen molar-refractivity contribution < 1.29 is 0 Å². The number of rotatable bonds is 18. The van der Waals surface area contributed by atoms with E-state index in [0.717, 1.165) is 65.2 Å². The lowest BCUT2D eigenvalue weighted by Gasteiger charge is -2.07. The Morgan fingerprint density at radius 3 is 0.857 bits per heavy atom. The van der Waals surface area contributed by atoms with Gasteiger partial charge in [-0.3, -0.25) is 0 Å². The van der Waals surface area contributed by atoms with E-state index in [2.05, 4.69) is 16.0 Å². The molecule has 5 heteroatoms. The van der Waals surface area contributed by atoms with E-state index >= 15 is 0 Å². The molecule has 0 aromatic heterocycles. The standard InChI is InChI=1S/C16H39N5/c17-9-1-3-11-19-13-5-7-15-21-16-8-6-14-20-12-4-2-10-18/h19-21H,1-18H2. The highest BCUT2D eigenvalue weighted by atomic mass is 14.9. The Kier molecular flexibility index (Phi) is 19.6. The van der Waals surface area contributed by atoms with E-state index in [-0.39, 0.29) is 0 Å². The first kappa shape index (κ1) is 20.8. The van der Waals surface area contributed by atoms with Crippen LogP contribution in [0.5, 0.6) is 0 Å². The van der Waals surface area contributed by atoms with Gasteiger partial charge in [0.15, 0.2) is 0 Å². The van der Waals surface area contributed by atoms with Crippen LogP contribution in [-0.2, 0) is 0 Å². The molecule has 0 bridgehead atoms. The number of nitrogens with two attached hydrogens (primary N) is 2. The number of hydrogen-bond acceptors (Lipinski definition) is 5. The number of unbranched alkanes of at least 4 members (excludes halogenated alkanes) is 4. The van der Waals surface area contributed by atoms with Gasteiger partial charge in [0.1, 0.15) is 0 Å². The molecule has 0 aliphatic rings. The second-order valence-corrected chi connectivity index (χ2v) is 5.66. The molecule has 0 heterocycles. The minimum atomic E-state index is 0.814. The summed E-state index contributed by atoms with van der Waals surface area (Å²) in [6, 6.07) is 0. The largest absolute Gasteiger partial charge is 0.330 e. The topological polar surface area (TPSA) is 88.1 Å². The molecule has 0 fully saturated rings. The summed E-state index contributed by atoms with van der Waals surface area (Å²) in [5.74, 6) is 0. The van der Waals surface area contributed by atoms with Gasteiger partial charge in [-0.1, -0.05) is 0 Å². The van der Waals surface area contributed by atoms with Crippen LogP contribution >= 0.6 is 0 Å². The summed E-state index contributed by atoms with van der Waals surface area (Å²) in [6.45, 7) is 8.43. The van der Waals surface area contributed by atoms with Crippen molar-refractivity contribution >= 4 is 0 Å². The average molecular weight is 302 g/mol. The molecule has 7 N–H and O–H groups in total. The molecule has 5 nitrogen and oxygen atoms in total. The highest BCUT2D eigenvalue weighted by molar-refractivity contribution is 4.55. The first-order chi connectivity index (χ1) is 10.4. The molecule has 0 amide bonds. The van der Waals surface area contributed by atoms with Gasteiger partial charge in [-0.05, 0) is 104 Å². The zero-order valence-corrected chi connectivity index (χ0v) is 14.0. The third kappa shape index (κ3) is 19.8. The molecule has 0 radical (unpaired) electrons. The quantitative estimate of drug-likeness (QED) is 0.242. The summed E-state index contributed by atoms with van der Waals surface area (Å²) in [4.78, 5) is 0. The maximum Gasteiger partial charge on any atom is -0.00484 e. The smallest absolute Gasteiger partial charge is 0.00484 e. The van der Waals surface area contributed by atoms with Crippen LogP contribution in [0.4, 0.5) is 0 Å². The van der Waals surface area contributed by atoms with Crippen LogP contribution < -0.4 is 27.4 Å². The van der Waals surface area contributed by atoms with Crippen LogP contribution in [0.3, 0.4) is 0 Å². The van der Waals surface area contributed by atoms with Crippen molar-refractivity contribution in [3.63, 3.8) is 0 Å². The maximum atomic E-state index is 5.45. The summed E-state index contributed by atoms with van der Waals surface area (Å²) in [5.41, 5.74) is 10.9. The zero-order valence-electron chi connectivity index (χ0n) is 14.0. The van der Waals surface area contributed by atoms with Gasteiger partial charge in [-0.2, -0.15) is 0 Å². The molecule has 0 saturated carbocycles. The molecule has 0 spiro atoms. The Morgan fingerprint density at radius 1 is 0.381 bits per heavy atom. The molecule has 21 heavy (non-hydrogen) atoms. The molecule has 0 rings (SSSR count). The lowest BCUT2D eigenvalue weighted by Crippen LogP contribution is -2.22. The van der Waals surface area contributed by atoms with Gasteiger partial charge in [0, 0.05) is 0 Å². The third-order valence-electron chi connectivity index (χ3n) is 3.53. The molecule has 0 aliphatic carbocycles. The zero-order chi connectivity index (χ0) is 15.4. The van der Waals surface area contributed by atoms with Gasteiger partial charge in [0.25, 0.3) is 0 Å². The van der Waals surface area contributed by atoms with Crippen molar-refractivity contribution in [1.29, 1.82) is 0 Å². The Bertz CT molecular complexity index is 160. The van der Waals surface area contributed by atoms with Crippen molar-refractivity contribution in [2.75, 3.05) is 52.4 Å². The maximum absolute atomic E-state index is 5.45. The number of hydrogen-bond donors (Lipinski definition) is 5. The predicted octanol–water partition coefficient (Wildman–Crippen LogP) is 0.793. The minimum Gasteiger partial charge on any atom is -0.330 e. The minimum absolute atomic E-state index is 0.814. The van der Waals surface area contributed by atoms with Crippen LogP contribution in [0.25, 0.3) is 0 Å². The van der Waals surface area contributed by atoms with Crippen LogP contribution in [0.1, 0.15) is 51.4 Å². The van der Waals surface area contributed by atoms with Gasteiger partial charge >= 0.3 is 0 Å². The fraction of sp³-hybridized carbons (Fsp3) is 1.00. The molecule has 128 valence electrons. The molecular formula is C16H39N5. The van der Waals surface area contributed by atoms with Gasteiger partial charge < -0.3 is 27.4 Å². The highest BCUT2D eigenvalue weighted by Crippen LogP contribution is 1.89. The Labute approximate surface area is 132 Å². The van der Waals surface area contributed by atoms with Crippen molar-refractivity contribution in [1.82, 2.24) is 16.0 Å². The van der Waals surface area contributed by atoms with Crippen molar-refractivity contribution in [2.45, 2.75) is 51.4 Å². The second kappa shape index (κ2) is 19.8. The van der Waals surface area contributed by atoms with Gasteiger partial charge in [0.05, 0.1) is 0 Å². The first-order valence-corrected chi connectivity index (χ1v) is 8.94. The Hall–Kier alpha value is -0.200. The first-order valence-electron chi connectivity index (χ1n) is 8.94. The molecular weight excluding hydrogens is 262 g/mol. The normalized spacial score (nSPS) is 11.1. The van der Waals surface area contributed by atoms with Crippen molar-refractivity contribution in [2.24, 2.45) is 11.5 Å². The Balaban J connectivity index is 2.90. The molecule has 0 aromatic carbocycles. The van der Waals surface area contributed by atoms with Crippen LogP contribution in [0, 0.1) is 0 Å². The van der Waals surface area contributed by atoms with Gasteiger partial charge in [-0.15, -0.1) is 0 Å². The van der Waals surface area contributed by atoms with E-state index < -0.39 is 0 Å². The molecule has 0 aromatic rings. The van der Waals surface area contributed by atoms with E-state index in [4.69, 9.17) is 11.5 Å². The van der Waals surface area contributed by atoms with Crippen LogP contribution in [0.15, 0.2) is 0 Å². The highest BCUT2D eigenvalue weighted by Gasteiger charge is 1.92. The summed E-state index contributed by atoms with van der Waals surface area (Å²) in [5, 5.41) is 10.4. The summed E-state index contributed by atoms with van der Waals surface area (Å²) < 4.78 is 0. The van der Waals surface area contributed by atoms with E-state index in [1.807, 2.05) is 0 Å². The van der Waals surface area contributed by atoms with Crippen LogP contribution in [0.2, 0.25) is 0 Å². The fourth-order valence-electron chi connectivity index (χ4n) is 2.16. The SMILES string of the molecule is NCCCCNCCCCNCCCCNCCCCN. The second-order valence-electron chi connectivity index (χ2n) is 5.66. The summed E-state index contributed by atoms with van der Waals surface area (Å²) in [6.07, 6.45) is 9.73. The van der Waals surface area contributed by atoms with Crippen LogP contribution in [-0.4, -0.2) is 52.4 Å². The fourth-order valence-corrected chi connectivity index (χ4v) is 2.16. The summed E-state index contributed by atoms with van der Waals surface area (Å²) in [7, 11) is 0. The van der Waals surface area contributed by atoms with Crippen molar-refractivity contribution in [3.05, 3.63) is 0 Å². The van der Waals surface area contributed by atoms with E-state index in [9.17, 15) is 0 Å². The van der Waals surface area contributed by atoms with Crippen molar-refractivity contribution in [3.8, 4) is 0 Å². The molecule has 0 aliphatic heterocycles. The molecule has 0 unspecified atom stereocenters. The monoisotopic (exact) mass is 301 g/mol. The van der Waals surface area contributed by atoms with E-state index in [1.54, 1.807) is 0 Å².